The lowest BCUT2D eigenvalue weighted by molar-refractivity contribution is -0.244. The first-order valence-corrected chi connectivity index (χ1v) is 16.2. The third kappa shape index (κ3) is 5.15. The number of hydrogen-bond acceptors (Lipinski definition) is 7. The summed E-state index contributed by atoms with van der Waals surface area (Å²) in [5.41, 5.74) is -1.17. The van der Waals surface area contributed by atoms with E-state index in [0.29, 0.717) is 5.56 Å². The molecule has 2 aliphatic rings. The third-order valence-corrected chi connectivity index (χ3v) is 13.3. The second-order valence-electron chi connectivity index (χ2n) is 12.1. The van der Waals surface area contributed by atoms with Gasteiger partial charge in [-0.1, -0.05) is 99.6 Å². The number of benzene rings is 3. The maximum atomic E-state index is 13.1. The molecule has 2 N–H and O–H groups in total. The van der Waals surface area contributed by atoms with Crippen LogP contribution in [0.25, 0.3) is 0 Å². The van der Waals surface area contributed by atoms with Gasteiger partial charge in [-0.2, -0.15) is 4.98 Å². The van der Waals surface area contributed by atoms with Crippen molar-refractivity contribution < 1.29 is 23.8 Å². The van der Waals surface area contributed by atoms with Gasteiger partial charge in [-0.15, -0.1) is 0 Å². The van der Waals surface area contributed by atoms with Crippen molar-refractivity contribution in [2.45, 2.75) is 49.8 Å². The zero-order valence-corrected chi connectivity index (χ0v) is 25.3. The lowest BCUT2D eigenvalue weighted by Gasteiger charge is -2.48. The minimum atomic E-state index is -2.88. The Morgan fingerprint density at radius 3 is 2.09 bits per heavy atom. The molecule has 0 saturated carbocycles. The van der Waals surface area contributed by atoms with Crippen LogP contribution in [-0.2, 0) is 13.9 Å². The Kier molecular flexibility index (Phi) is 7.65. The van der Waals surface area contributed by atoms with E-state index in [0.717, 1.165) is 10.4 Å². The zero-order valence-electron chi connectivity index (χ0n) is 24.3. The van der Waals surface area contributed by atoms with Gasteiger partial charge in [0.15, 0.2) is 6.23 Å². The number of ether oxygens (including phenoxy) is 2. The van der Waals surface area contributed by atoms with Gasteiger partial charge in [0, 0.05) is 11.8 Å². The van der Waals surface area contributed by atoms with Gasteiger partial charge in [-0.25, -0.2) is 4.79 Å². The average molecular weight is 598 g/mol. The Morgan fingerprint density at radius 1 is 1.00 bits per heavy atom. The summed E-state index contributed by atoms with van der Waals surface area (Å²) < 4.78 is 20.6. The van der Waals surface area contributed by atoms with Gasteiger partial charge in [-0.05, 0) is 33.6 Å². The first-order valence-electron chi connectivity index (χ1n) is 14.3. The molecule has 1 amide bonds. The van der Waals surface area contributed by atoms with Crippen LogP contribution in [0, 0.1) is 0 Å². The minimum absolute atomic E-state index is 0.103. The molecule has 3 aromatic carbocycles. The second-order valence-corrected chi connectivity index (χ2v) is 16.4. The Morgan fingerprint density at radius 2 is 1.58 bits per heavy atom. The molecule has 2 saturated heterocycles. The number of hydrogen-bond donors (Lipinski definition) is 2. The molecule has 0 aliphatic carbocycles. The molecule has 4 aromatic rings. The van der Waals surface area contributed by atoms with Crippen molar-refractivity contribution in [3.05, 3.63) is 119 Å². The van der Waals surface area contributed by atoms with Crippen LogP contribution in [0.5, 0.6) is 0 Å². The van der Waals surface area contributed by atoms with E-state index in [9.17, 15) is 14.7 Å². The molecule has 0 spiro atoms. The topological polar surface area (TPSA) is 112 Å². The van der Waals surface area contributed by atoms with Crippen LogP contribution in [0.15, 0.2) is 108 Å². The maximum absolute atomic E-state index is 13.1. The largest absolute Gasteiger partial charge is 0.404 e. The third-order valence-electron chi connectivity index (χ3n) is 8.32. The minimum Gasteiger partial charge on any atom is -0.404 e. The van der Waals surface area contributed by atoms with E-state index in [1.54, 1.807) is 24.3 Å². The Hall–Kier alpha value is -3.93. The smallest absolute Gasteiger partial charge is 0.351 e. The lowest BCUT2D eigenvalue weighted by atomic mass is 9.91. The highest BCUT2D eigenvalue weighted by atomic mass is 28.4. The van der Waals surface area contributed by atoms with Gasteiger partial charge >= 0.3 is 5.69 Å². The molecule has 2 fully saturated rings. The van der Waals surface area contributed by atoms with Crippen molar-refractivity contribution >= 4 is 30.4 Å². The van der Waals surface area contributed by atoms with E-state index in [1.165, 1.54) is 16.8 Å². The molecule has 0 unspecified atom stereocenters. The van der Waals surface area contributed by atoms with Gasteiger partial charge in [-0.3, -0.25) is 9.36 Å². The fourth-order valence-corrected chi connectivity index (χ4v) is 10.8. The molecular formula is C33H35N3O6Si. The van der Waals surface area contributed by atoms with Crippen molar-refractivity contribution in [2.75, 3.05) is 18.5 Å². The van der Waals surface area contributed by atoms with E-state index < -0.39 is 38.0 Å². The SMILES string of the molecule is CC(C)(C)[Si](OC[C@]12CO[C@H]1[C@@H](O)[C@H](n1ccc(NC(=O)c3ccccc3)nc1=O)O2)(c1ccccc1)c1ccccc1. The van der Waals surface area contributed by atoms with E-state index in [2.05, 4.69) is 55.3 Å². The molecule has 43 heavy (non-hydrogen) atoms. The molecule has 2 aliphatic heterocycles. The molecule has 0 radical (unpaired) electrons. The number of anilines is 1. The highest BCUT2D eigenvalue weighted by Crippen LogP contribution is 2.47. The summed E-state index contributed by atoms with van der Waals surface area (Å²) in [7, 11) is -2.88. The molecular weight excluding hydrogens is 562 g/mol. The number of carbonyl (C=O) groups is 1. The number of aromatic nitrogens is 2. The molecule has 10 heteroatoms. The zero-order chi connectivity index (χ0) is 30.2. The van der Waals surface area contributed by atoms with Crippen LogP contribution >= 0.6 is 0 Å². The van der Waals surface area contributed by atoms with Crippen LogP contribution < -0.4 is 21.4 Å². The monoisotopic (exact) mass is 597 g/mol. The Balaban J connectivity index is 1.26. The number of nitrogens with one attached hydrogen (secondary N) is 1. The molecule has 9 nitrogen and oxygen atoms in total. The summed E-state index contributed by atoms with van der Waals surface area (Å²) in [6.07, 6.45) is -1.37. The normalized spacial score (nSPS) is 23.3. The van der Waals surface area contributed by atoms with Crippen molar-refractivity contribution in [1.82, 2.24) is 9.55 Å². The number of amides is 1. The fourth-order valence-electron chi connectivity index (χ4n) is 6.16. The van der Waals surface area contributed by atoms with Crippen molar-refractivity contribution in [3.63, 3.8) is 0 Å². The number of aliphatic hydroxyl groups is 1. The lowest BCUT2D eigenvalue weighted by Crippen LogP contribution is -2.70. The molecule has 4 atom stereocenters. The summed E-state index contributed by atoms with van der Waals surface area (Å²) in [5.74, 6) is -0.278. The molecule has 0 bridgehead atoms. The van der Waals surface area contributed by atoms with Gasteiger partial charge in [0.05, 0.1) is 13.2 Å². The van der Waals surface area contributed by atoms with Gasteiger partial charge in [0.1, 0.15) is 23.6 Å². The number of rotatable bonds is 8. The number of aliphatic hydroxyl groups excluding tert-OH is 1. The van der Waals surface area contributed by atoms with Gasteiger partial charge in [0.25, 0.3) is 14.2 Å². The predicted octanol–water partition coefficient (Wildman–Crippen LogP) is 3.10. The fraction of sp³-hybridized carbons (Fsp3) is 0.303. The molecule has 1 aromatic heterocycles. The second kappa shape index (κ2) is 11.3. The first kappa shape index (κ1) is 29.2. The molecule has 222 valence electrons. The molecule has 3 heterocycles. The average Bonchev–Trinajstić information content (AvgIpc) is 3.18. The van der Waals surface area contributed by atoms with Crippen LogP contribution in [0.4, 0.5) is 5.82 Å². The highest BCUT2D eigenvalue weighted by molar-refractivity contribution is 6.99. The van der Waals surface area contributed by atoms with Crippen molar-refractivity contribution in [1.29, 1.82) is 0 Å². The van der Waals surface area contributed by atoms with Crippen LogP contribution in [0.1, 0.15) is 37.4 Å². The summed E-state index contributed by atoms with van der Waals surface area (Å²) in [5, 5.41) is 15.9. The Labute approximate surface area is 251 Å². The van der Waals surface area contributed by atoms with Gasteiger partial charge < -0.3 is 24.3 Å². The van der Waals surface area contributed by atoms with Crippen LogP contribution in [0.2, 0.25) is 5.04 Å². The van der Waals surface area contributed by atoms with Crippen LogP contribution in [0.3, 0.4) is 0 Å². The quantitative estimate of drug-likeness (QED) is 0.300. The molecule has 6 rings (SSSR count). The van der Waals surface area contributed by atoms with E-state index in [-0.39, 0.29) is 30.0 Å². The number of nitrogens with zero attached hydrogens (tertiary/aromatic N) is 2. The summed E-state index contributed by atoms with van der Waals surface area (Å²) in [6.45, 7) is 6.98. The highest BCUT2D eigenvalue weighted by Gasteiger charge is 2.64. The van der Waals surface area contributed by atoms with Crippen LogP contribution in [-0.4, -0.2) is 59.9 Å². The Bertz CT molecular complexity index is 1600. The standard InChI is InChI=1S/C33H35N3O6Si/c1-32(2,3)43(24-15-9-5-10-16-24,25-17-11-6-12-18-25)41-22-33-21-40-28(33)27(37)30(42-33)36-20-19-26(35-31(36)39)34-29(38)23-13-7-4-8-14-23/h4-20,27-28,30,37H,21-22H2,1-3H3,(H,34,35,38,39)/t27-,28+,30-,33-/m1/s1. The number of fused-ring (bicyclic) bond motifs is 1. The maximum Gasteiger partial charge on any atom is 0.351 e. The van der Waals surface area contributed by atoms with E-state index in [1.807, 2.05) is 42.5 Å². The van der Waals surface area contributed by atoms with E-state index in [4.69, 9.17) is 13.9 Å². The summed E-state index contributed by atoms with van der Waals surface area (Å²) >= 11 is 0. The van der Waals surface area contributed by atoms with Gasteiger partial charge in [0.2, 0.25) is 0 Å². The van der Waals surface area contributed by atoms with Crippen molar-refractivity contribution in [3.8, 4) is 0 Å². The summed E-state index contributed by atoms with van der Waals surface area (Å²) in [6, 6.07) is 30.7. The van der Waals surface area contributed by atoms with E-state index >= 15 is 0 Å². The number of carbonyl (C=O) groups excluding carboxylic acids is 1. The van der Waals surface area contributed by atoms with Crippen molar-refractivity contribution in [2.24, 2.45) is 0 Å². The predicted molar refractivity (Wildman–Crippen MR) is 165 cm³/mol. The first-order chi connectivity index (χ1) is 20.6. The summed E-state index contributed by atoms with van der Waals surface area (Å²) in [4.78, 5) is 29.7.